The van der Waals surface area contributed by atoms with E-state index < -0.39 is 0 Å². The number of nitrogens with one attached hydrogen (secondary N) is 1. The average Bonchev–Trinajstić information content (AvgIpc) is 2.72. The fourth-order valence-corrected chi connectivity index (χ4v) is 3.64. The highest BCUT2D eigenvalue weighted by atomic mass is 16.2. The molecular formula is C24H28N2O. The summed E-state index contributed by atoms with van der Waals surface area (Å²) in [6.45, 7) is 7.61. The van der Waals surface area contributed by atoms with Crippen LogP contribution in [0, 0.1) is 0 Å². The summed E-state index contributed by atoms with van der Waals surface area (Å²) in [4.78, 5) is 15.1. The third kappa shape index (κ3) is 4.20. The molecular weight excluding hydrogens is 332 g/mol. The minimum absolute atomic E-state index is 0.0424. The highest BCUT2D eigenvalue weighted by Gasteiger charge is 2.26. The third-order valence-corrected chi connectivity index (χ3v) is 5.16. The molecule has 0 aromatic heterocycles. The van der Waals surface area contributed by atoms with Crippen LogP contribution >= 0.6 is 0 Å². The number of carbonyl (C=O) groups excluding carboxylic acids is 1. The predicted molar refractivity (Wildman–Crippen MR) is 113 cm³/mol. The lowest BCUT2D eigenvalue weighted by Crippen LogP contribution is -2.41. The smallest absolute Gasteiger partial charge is 0.244 e. The Morgan fingerprint density at radius 3 is 2.22 bits per heavy atom. The quantitative estimate of drug-likeness (QED) is 0.636. The summed E-state index contributed by atoms with van der Waals surface area (Å²) < 4.78 is 0. The van der Waals surface area contributed by atoms with Gasteiger partial charge >= 0.3 is 0 Å². The van der Waals surface area contributed by atoms with Gasteiger partial charge in [-0.05, 0) is 42.7 Å². The van der Waals surface area contributed by atoms with Gasteiger partial charge < -0.3 is 4.90 Å². The molecule has 0 heterocycles. The number of rotatable bonds is 7. The normalized spacial score (nSPS) is 13.3. The first kappa shape index (κ1) is 19.1. The number of carbonyl (C=O) groups is 1. The lowest BCUT2D eigenvalue weighted by molar-refractivity contribution is -0.133. The zero-order chi connectivity index (χ0) is 19.2. The minimum atomic E-state index is -0.361. The largest absolute Gasteiger partial charge is 0.342 e. The molecule has 140 valence electrons. The predicted octanol–water partition coefficient (Wildman–Crippen LogP) is 5.10. The van der Waals surface area contributed by atoms with Crippen molar-refractivity contribution in [2.45, 2.75) is 32.9 Å². The van der Waals surface area contributed by atoms with Crippen LogP contribution in [0.25, 0.3) is 10.8 Å². The molecule has 0 spiro atoms. The van der Waals surface area contributed by atoms with Gasteiger partial charge in [0.25, 0.3) is 0 Å². The minimum Gasteiger partial charge on any atom is -0.342 e. The third-order valence-electron chi connectivity index (χ3n) is 5.16. The standard InChI is InChI=1S/C24H28N2O/c1-4-26(5-2)24(27)23(20-13-7-6-8-14-20)25-18(3)21-17-11-15-19-12-9-10-16-22(19)21/h6-18,23,25H,4-5H2,1-3H3/t18-,23+/m0/s1. The molecule has 0 saturated carbocycles. The van der Waals surface area contributed by atoms with E-state index in [9.17, 15) is 4.79 Å². The molecule has 0 saturated heterocycles. The van der Waals surface area contributed by atoms with Crippen LogP contribution in [0.15, 0.2) is 72.8 Å². The van der Waals surface area contributed by atoms with Gasteiger partial charge in [0.1, 0.15) is 6.04 Å². The molecule has 27 heavy (non-hydrogen) atoms. The van der Waals surface area contributed by atoms with Crippen molar-refractivity contribution < 1.29 is 4.79 Å². The molecule has 0 bridgehead atoms. The molecule has 1 N–H and O–H groups in total. The first-order chi connectivity index (χ1) is 13.2. The summed E-state index contributed by atoms with van der Waals surface area (Å²) in [5.41, 5.74) is 2.21. The molecule has 3 heteroatoms. The Morgan fingerprint density at radius 2 is 1.52 bits per heavy atom. The number of nitrogens with zero attached hydrogens (tertiary/aromatic N) is 1. The van der Waals surface area contributed by atoms with Gasteiger partial charge in [0.05, 0.1) is 0 Å². The Kier molecular flexibility index (Phi) is 6.25. The monoisotopic (exact) mass is 360 g/mol. The molecule has 0 fully saturated rings. The summed E-state index contributed by atoms with van der Waals surface area (Å²) in [7, 11) is 0. The van der Waals surface area contributed by atoms with E-state index in [0.29, 0.717) is 13.1 Å². The number of fused-ring (bicyclic) bond motifs is 1. The van der Waals surface area contributed by atoms with E-state index in [1.165, 1.54) is 16.3 Å². The van der Waals surface area contributed by atoms with E-state index in [1.807, 2.05) is 49.1 Å². The van der Waals surface area contributed by atoms with Crippen LogP contribution in [0.4, 0.5) is 0 Å². The Hall–Kier alpha value is -2.65. The van der Waals surface area contributed by atoms with Gasteiger partial charge in [-0.1, -0.05) is 72.8 Å². The summed E-state index contributed by atoms with van der Waals surface area (Å²) in [6.07, 6.45) is 0. The van der Waals surface area contributed by atoms with Crippen LogP contribution in [-0.4, -0.2) is 23.9 Å². The van der Waals surface area contributed by atoms with Crippen LogP contribution in [-0.2, 0) is 4.79 Å². The second-order valence-electron chi connectivity index (χ2n) is 6.81. The molecule has 0 aliphatic rings. The van der Waals surface area contributed by atoms with Gasteiger partial charge in [0.2, 0.25) is 5.91 Å². The summed E-state index contributed by atoms with van der Waals surface area (Å²) in [6, 6.07) is 24.4. The van der Waals surface area contributed by atoms with Crippen LogP contribution in [0.5, 0.6) is 0 Å². The Morgan fingerprint density at radius 1 is 0.889 bits per heavy atom. The van der Waals surface area contributed by atoms with Crippen molar-refractivity contribution in [2.24, 2.45) is 0 Å². The number of benzene rings is 3. The maximum Gasteiger partial charge on any atom is 0.244 e. The fraction of sp³-hybridized carbons (Fsp3) is 0.292. The van der Waals surface area contributed by atoms with E-state index in [2.05, 4.69) is 54.7 Å². The first-order valence-corrected chi connectivity index (χ1v) is 9.73. The van der Waals surface area contributed by atoms with E-state index in [4.69, 9.17) is 0 Å². The van der Waals surface area contributed by atoms with Crippen molar-refractivity contribution in [3.8, 4) is 0 Å². The SMILES string of the molecule is CCN(CC)C(=O)[C@H](N[C@@H](C)c1cccc2ccccc12)c1ccccc1. The van der Waals surface area contributed by atoms with Gasteiger partial charge in [0.15, 0.2) is 0 Å². The molecule has 2 atom stereocenters. The van der Waals surface area contributed by atoms with Gasteiger partial charge in [-0.15, -0.1) is 0 Å². The van der Waals surface area contributed by atoms with Crippen molar-refractivity contribution in [1.82, 2.24) is 10.2 Å². The van der Waals surface area contributed by atoms with Crippen LogP contribution in [0.1, 0.15) is 44.0 Å². The second kappa shape index (κ2) is 8.83. The van der Waals surface area contributed by atoms with E-state index in [-0.39, 0.29) is 18.0 Å². The summed E-state index contributed by atoms with van der Waals surface area (Å²) >= 11 is 0. The number of hydrogen-bond acceptors (Lipinski definition) is 2. The first-order valence-electron chi connectivity index (χ1n) is 9.73. The summed E-state index contributed by atoms with van der Waals surface area (Å²) in [5.74, 6) is 0.123. The lowest BCUT2D eigenvalue weighted by atomic mass is 9.97. The molecule has 0 aliphatic carbocycles. The van der Waals surface area contributed by atoms with Crippen LogP contribution < -0.4 is 5.32 Å². The van der Waals surface area contributed by atoms with E-state index in [1.54, 1.807) is 0 Å². The lowest BCUT2D eigenvalue weighted by Gasteiger charge is -2.29. The molecule has 1 amide bonds. The zero-order valence-electron chi connectivity index (χ0n) is 16.4. The molecule has 3 nitrogen and oxygen atoms in total. The van der Waals surface area contributed by atoms with Gasteiger partial charge in [-0.25, -0.2) is 0 Å². The van der Waals surface area contributed by atoms with Gasteiger partial charge in [-0.3, -0.25) is 10.1 Å². The van der Waals surface area contributed by atoms with Crippen molar-refractivity contribution in [1.29, 1.82) is 0 Å². The maximum atomic E-state index is 13.2. The Balaban J connectivity index is 1.94. The highest BCUT2D eigenvalue weighted by Crippen LogP contribution is 2.27. The van der Waals surface area contributed by atoms with Crippen molar-refractivity contribution in [2.75, 3.05) is 13.1 Å². The van der Waals surface area contributed by atoms with Crippen molar-refractivity contribution >= 4 is 16.7 Å². The number of likely N-dealkylation sites (N-methyl/N-ethyl adjacent to an activating group) is 1. The van der Waals surface area contributed by atoms with Crippen LogP contribution in [0.3, 0.4) is 0 Å². The van der Waals surface area contributed by atoms with Crippen molar-refractivity contribution in [3.05, 3.63) is 83.9 Å². The molecule has 0 radical (unpaired) electrons. The van der Waals surface area contributed by atoms with Crippen LogP contribution in [0.2, 0.25) is 0 Å². The summed E-state index contributed by atoms with van der Waals surface area (Å²) in [5, 5.41) is 6.04. The van der Waals surface area contributed by atoms with Gasteiger partial charge in [0, 0.05) is 19.1 Å². The van der Waals surface area contributed by atoms with E-state index in [0.717, 1.165) is 5.56 Å². The fourth-order valence-electron chi connectivity index (χ4n) is 3.64. The molecule has 3 rings (SSSR count). The number of hydrogen-bond donors (Lipinski definition) is 1. The maximum absolute atomic E-state index is 13.2. The molecule has 0 unspecified atom stereocenters. The Bertz CT molecular complexity index is 882. The number of amides is 1. The average molecular weight is 361 g/mol. The zero-order valence-corrected chi connectivity index (χ0v) is 16.4. The van der Waals surface area contributed by atoms with Crippen molar-refractivity contribution in [3.63, 3.8) is 0 Å². The molecule has 0 aliphatic heterocycles. The Labute approximate surface area is 162 Å². The van der Waals surface area contributed by atoms with E-state index >= 15 is 0 Å². The van der Waals surface area contributed by atoms with Gasteiger partial charge in [-0.2, -0.15) is 0 Å². The highest BCUT2D eigenvalue weighted by molar-refractivity contribution is 5.86. The molecule has 3 aromatic carbocycles. The second-order valence-corrected chi connectivity index (χ2v) is 6.81. The topological polar surface area (TPSA) is 32.3 Å². The molecule has 3 aromatic rings.